The Morgan fingerprint density at radius 1 is 1.38 bits per heavy atom. The van der Waals surface area contributed by atoms with Gasteiger partial charge < -0.3 is 4.84 Å². The predicted molar refractivity (Wildman–Crippen MR) is 47.5 cm³/mol. The summed E-state index contributed by atoms with van der Waals surface area (Å²) in [5.41, 5.74) is 0. The SMILES string of the molecule is CNS(=O)(=O)c1ccccc1ON. The molecular weight excluding hydrogens is 192 g/mol. The average Bonchev–Trinajstić information content (AvgIpc) is 2.18. The molecule has 72 valence electrons. The molecule has 0 radical (unpaired) electrons. The van der Waals surface area contributed by atoms with Crippen molar-refractivity contribution in [3.63, 3.8) is 0 Å². The second-order valence-electron chi connectivity index (χ2n) is 2.27. The summed E-state index contributed by atoms with van der Waals surface area (Å²) in [5, 5.41) is 0. The number of nitrogens with one attached hydrogen (secondary N) is 1. The molecule has 1 rings (SSSR count). The van der Waals surface area contributed by atoms with E-state index in [0.717, 1.165) is 0 Å². The van der Waals surface area contributed by atoms with Gasteiger partial charge in [-0.2, -0.15) is 5.90 Å². The van der Waals surface area contributed by atoms with E-state index >= 15 is 0 Å². The molecule has 1 aromatic rings. The first-order chi connectivity index (χ1) is 6.11. The van der Waals surface area contributed by atoms with Gasteiger partial charge in [-0.1, -0.05) is 12.1 Å². The van der Waals surface area contributed by atoms with Crippen molar-refractivity contribution in [1.29, 1.82) is 0 Å². The summed E-state index contributed by atoms with van der Waals surface area (Å²) in [6, 6.07) is 6.11. The van der Waals surface area contributed by atoms with E-state index in [1.54, 1.807) is 12.1 Å². The van der Waals surface area contributed by atoms with Crippen molar-refractivity contribution in [1.82, 2.24) is 4.72 Å². The van der Waals surface area contributed by atoms with Crippen LogP contribution in [0, 0.1) is 0 Å². The zero-order valence-corrected chi connectivity index (χ0v) is 7.84. The van der Waals surface area contributed by atoms with Crippen LogP contribution in [0.3, 0.4) is 0 Å². The normalized spacial score (nSPS) is 11.2. The van der Waals surface area contributed by atoms with Gasteiger partial charge >= 0.3 is 0 Å². The third-order valence-electron chi connectivity index (χ3n) is 1.53. The van der Waals surface area contributed by atoms with Crippen LogP contribution in [0.25, 0.3) is 0 Å². The van der Waals surface area contributed by atoms with Crippen molar-refractivity contribution in [2.75, 3.05) is 7.05 Å². The molecule has 0 aliphatic carbocycles. The van der Waals surface area contributed by atoms with Gasteiger partial charge in [0.25, 0.3) is 0 Å². The van der Waals surface area contributed by atoms with Crippen molar-refractivity contribution in [2.24, 2.45) is 5.90 Å². The standard InChI is InChI=1S/C7H10N2O3S/c1-9-13(10,11)7-5-3-2-4-6(7)12-8/h2-5,9H,8H2,1H3. The molecular formula is C7H10N2O3S. The third-order valence-corrected chi connectivity index (χ3v) is 2.99. The van der Waals surface area contributed by atoms with E-state index in [0.29, 0.717) is 0 Å². The molecule has 5 nitrogen and oxygen atoms in total. The minimum atomic E-state index is -3.50. The van der Waals surface area contributed by atoms with Gasteiger partial charge in [-0.25, -0.2) is 13.1 Å². The number of benzene rings is 1. The highest BCUT2D eigenvalue weighted by molar-refractivity contribution is 7.89. The molecule has 1 aromatic carbocycles. The second-order valence-corrected chi connectivity index (χ2v) is 4.13. The Bertz CT molecular complexity index is 388. The van der Waals surface area contributed by atoms with Crippen LogP contribution >= 0.6 is 0 Å². The molecule has 3 N–H and O–H groups in total. The molecule has 0 fully saturated rings. The molecule has 0 unspecified atom stereocenters. The Kier molecular flexibility index (Phi) is 2.86. The zero-order chi connectivity index (χ0) is 9.90. The maximum absolute atomic E-state index is 11.3. The highest BCUT2D eigenvalue weighted by Crippen LogP contribution is 2.21. The highest BCUT2D eigenvalue weighted by atomic mass is 32.2. The van der Waals surface area contributed by atoms with E-state index in [4.69, 9.17) is 5.90 Å². The Morgan fingerprint density at radius 3 is 2.54 bits per heavy atom. The Morgan fingerprint density at radius 2 is 2.00 bits per heavy atom. The van der Waals surface area contributed by atoms with Crippen molar-refractivity contribution >= 4 is 10.0 Å². The van der Waals surface area contributed by atoms with Crippen molar-refractivity contribution in [2.45, 2.75) is 4.90 Å². The number of hydrogen-bond acceptors (Lipinski definition) is 4. The van der Waals surface area contributed by atoms with Gasteiger partial charge in [-0.05, 0) is 19.2 Å². The van der Waals surface area contributed by atoms with Crippen molar-refractivity contribution < 1.29 is 13.3 Å². The first-order valence-electron chi connectivity index (χ1n) is 3.51. The average molecular weight is 202 g/mol. The van der Waals surface area contributed by atoms with Crippen LogP contribution in [0.15, 0.2) is 29.2 Å². The van der Waals surface area contributed by atoms with Crippen LogP contribution in [-0.4, -0.2) is 15.5 Å². The van der Waals surface area contributed by atoms with Gasteiger partial charge in [-0.3, -0.25) is 0 Å². The van der Waals surface area contributed by atoms with Crippen LogP contribution < -0.4 is 15.5 Å². The summed E-state index contributed by atoms with van der Waals surface area (Å²) in [4.78, 5) is 4.44. The summed E-state index contributed by atoms with van der Waals surface area (Å²) >= 11 is 0. The molecule has 0 aromatic heterocycles. The minimum Gasteiger partial charge on any atom is -0.410 e. The third kappa shape index (κ3) is 1.97. The smallest absolute Gasteiger partial charge is 0.244 e. The lowest BCUT2D eigenvalue weighted by atomic mass is 10.3. The summed E-state index contributed by atoms with van der Waals surface area (Å²) < 4.78 is 24.8. The lowest BCUT2D eigenvalue weighted by Crippen LogP contribution is -2.20. The molecule has 0 saturated carbocycles. The minimum absolute atomic E-state index is 0.0278. The molecule has 0 bridgehead atoms. The molecule has 0 heterocycles. The van der Waals surface area contributed by atoms with Gasteiger partial charge in [0.2, 0.25) is 10.0 Å². The quantitative estimate of drug-likeness (QED) is 0.668. The van der Waals surface area contributed by atoms with Gasteiger partial charge in [0.15, 0.2) is 5.75 Å². The van der Waals surface area contributed by atoms with Crippen LogP contribution in [0.5, 0.6) is 5.75 Å². The van der Waals surface area contributed by atoms with E-state index in [-0.39, 0.29) is 10.6 Å². The molecule has 0 spiro atoms. The van der Waals surface area contributed by atoms with E-state index < -0.39 is 10.0 Å². The largest absolute Gasteiger partial charge is 0.410 e. The fraction of sp³-hybridized carbons (Fsp3) is 0.143. The van der Waals surface area contributed by atoms with E-state index in [2.05, 4.69) is 9.56 Å². The number of hydrogen-bond donors (Lipinski definition) is 2. The van der Waals surface area contributed by atoms with E-state index in [1.165, 1.54) is 19.2 Å². The molecule has 0 amide bonds. The Hall–Kier alpha value is -1.11. The molecule has 0 atom stereocenters. The summed E-state index contributed by atoms with van der Waals surface area (Å²) in [5.74, 6) is 5.03. The predicted octanol–water partition coefficient (Wildman–Crippen LogP) is -0.153. The first kappa shape index (κ1) is 9.97. The lowest BCUT2D eigenvalue weighted by Gasteiger charge is -2.06. The van der Waals surface area contributed by atoms with Crippen LogP contribution in [0.4, 0.5) is 0 Å². The highest BCUT2D eigenvalue weighted by Gasteiger charge is 2.16. The molecule has 13 heavy (non-hydrogen) atoms. The molecule has 0 aliphatic rings. The van der Waals surface area contributed by atoms with Crippen molar-refractivity contribution in [3.05, 3.63) is 24.3 Å². The number of sulfonamides is 1. The summed E-state index contributed by atoms with van der Waals surface area (Å²) in [6.07, 6.45) is 0. The van der Waals surface area contributed by atoms with Crippen LogP contribution in [0.1, 0.15) is 0 Å². The Balaban J connectivity index is 3.29. The fourth-order valence-corrected chi connectivity index (χ4v) is 1.74. The first-order valence-corrected chi connectivity index (χ1v) is 4.99. The van der Waals surface area contributed by atoms with Gasteiger partial charge in [0.05, 0.1) is 0 Å². The van der Waals surface area contributed by atoms with Gasteiger partial charge in [0.1, 0.15) is 4.90 Å². The Labute approximate surface area is 76.5 Å². The number of para-hydroxylation sites is 1. The van der Waals surface area contributed by atoms with Crippen LogP contribution in [-0.2, 0) is 10.0 Å². The summed E-state index contributed by atoms with van der Waals surface area (Å²) in [7, 11) is -2.17. The van der Waals surface area contributed by atoms with E-state index in [9.17, 15) is 8.42 Å². The lowest BCUT2D eigenvalue weighted by molar-refractivity contribution is 0.325. The molecule has 0 saturated heterocycles. The monoisotopic (exact) mass is 202 g/mol. The fourth-order valence-electron chi connectivity index (χ4n) is 0.879. The maximum atomic E-state index is 11.3. The van der Waals surface area contributed by atoms with Crippen LogP contribution in [0.2, 0.25) is 0 Å². The molecule has 6 heteroatoms. The van der Waals surface area contributed by atoms with E-state index in [1.807, 2.05) is 0 Å². The number of nitrogens with two attached hydrogens (primary N) is 1. The van der Waals surface area contributed by atoms with Gasteiger partial charge in [-0.15, -0.1) is 0 Å². The van der Waals surface area contributed by atoms with Crippen molar-refractivity contribution in [3.8, 4) is 5.75 Å². The zero-order valence-electron chi connectivity index (χ0n) is 7.02. The summed E-state index contributed by atoms with van der Waals surface area (Å²) in [6.45, 7) is 0. The van der Waals surface area contributed by atoms with Gasteiger partial charge in [0, 0.05) is 0 Å². The second kappa shape index (κ2) is 3.73. The maximum Gasteiger partial charge on any atom is 0.244 e. The topological polar surface area (TPSA) is 81.4 Å². The molecule has 0 aliphatic heterocycles. The number of rotatable bonds is 3.